The van der Waals surface area contributed by atoms with Gasteiger partial charge in [-0.2, -0.15) is 4.98 Å². The number of nitrogens with one attached hydrogen (secondary N) is 1. The summed E-state index contributed by atoms with van der Waals surface area (Å²) in [6.45, 7) is 10.6. The van der Waals surface area contributed by atoms with Gasteiger partial charge in [0, 0.05) is 5.56 Å². The summed E-state index contributed by atoms with van der Waals surface area (Å²) in [6, 6.07) is 3.72. The fraction of sp³-hybridized carbons (Fsp3) is 0.467. The minimum atomic E-state index is -0.360. The molecule has 0 atom stereocenters. The molecular weight excluding hydrogens is 254 g/mol. The molecule has 5 heteroatoms. The van der Waals surface area contributed by atoms with Crippen LogP contribution in [0.25, 0.3) is 11.4 Å². The molecular formula is C15H21N3O2. The van der Waals surface area contributed by atoms with E-state index in [1.165, 1.54) is 0 Å². The first kappa shape index (κ1) is 14.5. The summed E-state index contributed by atoms with van der Waals surface area (Å²) >= 11 is 0. The average Bonchev–Trinajstić information content (AvgIpc) is 2.85. The van der Waals surface area contributed by atoms with E-state index in [1.54, 1.807) is 0 Å². The lowest BCUT2D eigenvalue weighted by atomic mass is 10.0. The van der Waals surface area contributed by atoms with Gasteiger partial charge in [0.2, 0.25) is 11.7 Å². The summed E-state index contributed by atoms with van der Waals surface area (Å²) in [5.74, 6) is 1.40. The number of rotatable bonds is 4. The first-order valence-electron chi connectivity index (χ1n) is 6.75. The molecule has 0 saturated carbocycles. The van der Waals surface area contributed by atoms with Crippen molar-refractivity contribution in [2.75, 3.05) is 6.54 Å². The molecule has 1 heterocycles. The second-order valence-electron chi connectivity index (χ2n) is 5.54. The molecule has 0 fully saturated rings. The van der Waals surface area contributed by atoms with Gasteiger partial charge in [-0.05, 0) is 57.5 Å². The zero-order valence-corrected chi connectivity index (χ0v) is 12.6. The number of nitrogens with zero attached hydrogens (tertiary/aromatic N) is 2. The van der Waals surface area contributed by atoms with E-state index >= 15 is 0 Å². The van der Waals surface area contributed by atoms with E-state index in [0.29, 0.717) is 17.5 Å². The normalized spacial score (nSPS) is 11.8. The summed E-state index contributed by atoms with van der Waals surface area (Å²) in [5.41, 5.74) is 2.09. The molecule has 0 unspecified atom stereocenters. The molecule has 0 aliphatic heterocycles. The number of phenolic OH excluding ortho intramolecular Hbond substituents is 1. The van der Waals surface area contributed by atoms with Gasteiger partial charge in [-0.15, -0.1) is 0 Å². The maximum Gasteiger partial charge on any atom is 0.246 e. The first-order valence-corrected chi connectivity index (χ1v) is 6.75. The van der Waals surface area contributed by atoms with Gasteiger partial charge in [0.05, 0.1) is 5.54 Å². The van der Waals surface area contributed by atoms with Crippen molar-refractivity contribution in [3.05, 3.63) is 29.2 Å². The minimum Gasteiger partial charge on any atom is -0.507 e. The van der Waals surface area contributed by atoms with Crippen molar-refractivity contribution in [1.29, 1.82) is 0 Å². The number of benzene rings is 1. The van der Waals surface area contributed by atoms with Gasteiger partial charge in [-0.3, -0.25) is 0 Å². The molecule has 0 aliphatic rings. The molecule has 2 N–H and O–H groups in total. The number of phenols is 1. The topological polar surface area (TPSA) is 71.2 Å². The summed E-state index contributed by atoms with van der Waals surface area (Å²) in [4.78, 5) is 4.46. The van der Waals surface area contributed by atoms with Crippen LogP contribution in [0.4, 0.5) is 0 Å². The molecule has 1 aromatic carbocycles. The third-order valence-electron chi connectivity index (χ3n) is 3.33. The fourth-order valence-electron chi connectivity index (χ4n) is 2.20. The van der Waals surface area contributed by atoms with E-state index in [-0.39, 0.29) is 5.54 Å². The standard InChI is InChI=1S/C15H21N3O2/c1-6-16-15(4,5)14-17-13(18-20-14)11-7-9(2)12(19)10(3)8-11/h7-8,16,19H,6H2,1-5H3. The predicted molar refractivity (Wildman–Crippen MR) is 77.6 cm³/mol. The van der Waals surface area contributed by atoms with Crippen molar-refractivity contribution >= 4 is 0 Å². The van der Waals surface area contributed by atoms with Crippen molar-refractivity contribution in [3.8, 4) is 17.1 Å². The van der Waals surface area contributed by atoms with Crippen molar-refractivity contribution in [1.82, 2.24) is 15.5 Å². The molecule has 0 saturated heterocycles. The molecule has 2 rings (SSSR count). The van der Waals surface area contributed by atoms with Crippen LogP contribution in [-0.4, -0.2) is 21.8 Å². The van der Waals surface area contributed by atoms with Crippen molar-refractivity contribution in [2.24, 2.45) is 0 Å². The maximum absolute atomic E-state index is 9.81. The molecule has 0 spiro atoms. The highest BCUT2D eigenvalue weighted by Gasteiger charge is 2.26. The Morgan fingerprint density at radius 1 is 1.25 bits per heavy atom. The number of hydrogen-bond donors (Lipinski definition) is 2. The van der Waals surface area contributed by atoms with Crippen molar-refractivity contribution in [2.45, 2.75) is 40.2 Å². The molecule has 20 heavy (non-hydrogen) atoms. The Morgan fingerprint density at radius 2 is 1.85 bits per heavy atom. The van der Waals surface area contributed by atoms with Crippen LogP contribution in [0.2, 0.25) is 0 Å². The van der Waals surface area contributed by atoms with Crippen molar-refractivity contribution < 1.29 is 9.63 Å². The molecule has 108 valence electrons. The van der Waals surface area contributed by atoms with Gasteiger partial charge >= 0.3 is 0 Å². The van der Waals surface area contributed by atoms with Gasteiger partial charge < -0.3 is 14.9 Å². The van der Waals surface area contributed by atoms with Gasteiger partial charge in [0.15, 0.2) is 0 Å². The molecule has 5 nitrogen and oxygen atoms in total. The van der Waals surface area contributed by atoms with Crippen LogP contribution in [0.1, 0.15) is 37.8 Å². The highest BCUT2D eigenvalue weighted by atomic mass is 16.5. The highest BCUT2D eigenvalue weighted by Crippen LogP contribution is 2.28. The van der Waals surface area contributed by atoms with Crippen LogP contribution in [0.15, 0.2) is 16.7 Å². The van der Waals surface area contributed by atoms with Gasteiger partial charge in [-0.1, -0.05) is 12.1 Å². The SMILES string of the molecule is CCNC(C)(C)c1nc(-c2cc(C)c(O)c(C)c2)no1. The summed E-state index contributed by atoms with van der Waals surface area (Å²) < 4.78 is 5.36. The zero-order valence-electron chi connectivity index (χ0n) is 12.6. The lowest BCUT2D eigenvalue weighted by Gasteiger charge is -2.20. The second-order valence-corrected chi connectivity index (χ2v) is 5.54. The van der Waals surface area contributed by atoms with E-state index in [9.17, 15) is 5.11 Å². The van der Waals surface area contributed by atoms with Gasteiger partial charge in [0.25, 0.3) is 0 Å². The minimum absolute atomic E-state index is 0.311. The van der Waals surface area contributed by atoms with E-state index in [1.807, 2.05) is 46.8 Å². The molecule has 2 aromatic rings. The van der Waals surface area contributed by atoms with Gasteiger partial charge in [-0.25, -0.2) is 0 Å². The van der Waals surface area contributed by atoms with Crippen LogP contribution in [0.3, 0.4) is 0 Å². The highest BCUT2D eigenvalue weighted by molar-refractivity contribution is 5.60. The third-order valence-corrected chi connectivity index (χ3v) is 3.33. The molecule has 0 aliphatic carbocycles. The summed E-state index contributed by atoms with van der Waals surface area (Å²) in [6.07, 6.45) is 0. The number of aryl methyl sites for hydroxylation is 2. The van der Waals surface area contributed by atoms with Crippen LogP contribution in [-0.2, 0) is 5.54 Å². The Morgan fingerprint density at radius 3 is 2.40 bits per heavy atom. The second kappa shape index (κ2) is 5.25. The Labute approximate surface area is 119 Å². The average molecular weight is 275 g/mol. The van der Waals surface area contributed by atoms with Crippen LogP contribution < -0.4 is 5.32 Å². The van der Waals surface area contributed by atoms with Gasteiger partial charge in [0.1, 0.15) is 5.75 Å². The number of aromatic hydroxyl groups is 1. The van der Waals surface area contributed by atoms with Crippen LogP contribution >= 0.6 is 0 Å². The van der Waals surface area contributed by atoms with E-state index in [2.05, 4.69) is 15.5 Å². The lowest BCUT2D eigenvalue weighted by molar-refractivity contribution is 0.272. The number of aromatic nitrogens is 2. The summed E-state index contributed by atoms with van der Waals surface area (Å²) in [5, 5.41) is 17.1. The van der Waals surface area contributed by atoms with Crippen LogP contribution in [0.5, 0.6) is 5.75 Å². The predicted octanol–water partition coefficient (Wildman–Crippen LogP) is 2.90. The van der Waals surface area contributed by atoms with E-state index < -0.39 is 0 Å². The zero-order chi connectivity index (χ0) is 14.9. The largest absolute Gasteiger partial charge is 0.507 e. The summed E-state index contributed by atoms with van der Waals surface area (Å²) in [7, 11) is 0. The smallest absolute Gasteiger partial charge is 0.246 e. The molecule has 0 bridgehead atoms. The molecule has 0 radical (unpaired) electrons. The lowest BCUT2D eigenvalue weighted by Crippen LogP contribution is -2.36. The monoisotopic (exact) mass is 275 g/mol. The fourth-order valence-corrected chi connectivity index (χ4v) is 2.20. The quantitative estimate of drug-likeness (QED) is 0.897. The maximum atomic E-state index is 9.81. The van der Waals surface area contributed by atoms with E-state index in [4.69, 9.17) is 4.52 Å². The Kier molecular flexibility index (Phi) is 3.81. The van der Waals surface area contributed by atoms with Crippen molar-refractivity contribution in [3.63, 3.8) is 0 Å². The Bertz CT molecular complexity index is 594. The van der Waals surface area contributed by atoms with Crippen LogP contribution in [0, 0.1) is 13.8 Å². The Balaban J connectivity index is 2.39. The molecule has 0 amide bonds. The van der Waals surface area contributed by atoms with E-state index in [0.717, 1.165) is 23.2 Å². The molecule has 1 aromatic heterocycles. The Hall–Kier alpha value is -1.88. The number of hydrogen-bond acceptors (Lipinski definition) is 5. The first-order chi connectivity index (χ1) is 9.35. The third kappa shape index (κ3) is 2.67.